The molecular weight excluding hydrogens is 226 g/mol. The molecule has 0 bridgehead atoms. The number of aromatic amines is 1. The van der Waals surface area contributed by atoms with E-state index in [1.54, 1.807) is 0 Å². The van der Waals surface area contributed by atoms with Crippen LogP contribution in [0.1, 0.15) is 5.56 Å². The molecule has 0 aromatic carbocycles. The molecular formula is C10H11N3O4. The van der Waals surface area contributed by atoms with E-state index in [1.165, 1.54) is 21.0 Å². The summed E-state index contributed by atoms with van der Waals surface area (Å²) < 4.78 is 1.98. The molecule has 0 saturated carbocycles. The van der Waals surface area contributed by atoms with Crippen molar-refractivity contribution < 1.29 is 5.11 Å². The van der Waals surface area contributed by atoms with Gasteiger partial charge in [-0.15, -0.1) is 0 Å². The van der Waals surface area contributed by atoms with Crippen LogP contribution in [-0.4, -0.2) is 19.2 Å². The Morgan fingerprint density at radius 3 is 2.29 bits per heavy atom. The molecule has 0 atom stereocenters. The number of H-pyrrole nitrogens is 1. The molecule has 0 unspecified atom stereocenters. The van der Waals surface area contributed by atoms with Crippen LogP contribution in [0, 0.1) is 6.92 Å². The first-order chi connectivity index (χ1) is 7.86. The summed E-state index contributed by atoms with van der Waals surface area (Å²) in [5.41, 5.74) is -1.67. The molecule has 7 heteroatoms. The predicted molar refractivity (Wildman–Crippen MR) is 61.5 cm³/mol. The average molecular weight is 237 g/mol. The number of aryl methyl sites for hydroxylation is 1. The highest BCUT2D eigenvalue weighted by atomic mass is 16.3. The summed E-state index contributed by atoms with van der Waals surface area (Å²) in [5.74, 6) is -0.389. The molecule has 0 saturated heterocycles. The molecule has 0 aliphatic heterocycles. The predicted octanol–water partition coefficient (Wildman–Crippen LogP) is -1.06. The van der Waals surface area contributed by atoms with Crippen molar-refractivity contribution in [2.75, 3.05) is 0 Å². The first kappa shape index (κ1) is 11.2. The van der Waals surface area contributed by atoms with E-state index in [2.05, 4.69) is 4.98 Å². The average Bonchev–Trinajstić information content (AvgIpc) is 2.30. The van der Waals surface area contributed by atoms with Gasteiger partial charge < -0.3 is 10.1 Å². The van der Waals surface area contributed by atoms with Gasteiger partial charge in [-0.25, -0.2) is 4.79 Å². The highest BCUT2D eigenvalue weighted by molar-refractivity contribution is 5.81. The summed E-state index contributed by atoms with van der Waals surface area (Å²) in [7, 11) is 2.72. The Morgan fingerprint density at radius 2 is 1.71 bits per heavy atom. The van der Waals surface area contributed by atoms with Gasteiger partial charge in [0.15, 0.2) is 0 Å². The van der Waals surface area contributed by atoms with Crippen LogP contribution in [0.4, 0.5) is 0 Å². The van der Waals surface area contributed by atoms with Crippen molar-refractivity contribution in [2.24, 2.45) is 14.1 Å². The van der Waals surface area contributed by atoms with Gasteiger partial charge in [0.1, 0.15) is 16.8 Å². The summed E-state index contributed by atoms with van der Waals surface area (Å²) >= 11 is 0. The maximum Gasteiger partial charge on any atom is 0.332 e. The van der Waals surface area contributed by atoms with Gasteiger partial charge in [0.25, 0.3) is 11.1 Å². The monoisotopic (exact) mass is 237 g/mol. The van der Waals surface area contributed by atoms with E-state index in [0.29, 0.717) is 0 Å². The first-order valence-electron chi connectivity index (χ1n) is 4.87. The van der Waals surface area contributed by atoms with Gasteiger partial charge in [0, 0.05) is 14.1 Å². The van der Waals surface area contributed by atoms with Crippen molar-refractivity contribution in [3.8, 4) is 5.75 Å². The van der Waals surface area contributed by atoms with E-state index >= 15 is 0 Å². The molecule has 0 fully saturated rings. The quantitative estimate of drug-likeness (QED) is 0.610. The number of pyridine rings is 1. The number of hydrogen-bond acceptors (Lipinski definition) is 4. The van der Waals surface area contributed by atoms with E-state index in [0.717, 1.165) is 9.13 Å². The van der Waals surface area contributed by atoms with Crippen molar-refractivity contribution >= 4 is 11.0 Å². The zero-order chi connectivity index (χ0) is 12.9. The second kappa shape index (κ2) is 3.34. The lowest BCUT2D eigenvalue weighted by Crippen LogP contribution is -2.38. The molecule has 2 aromatic rings. The minimum atomic E-state index is -0.639. The number of aromatic nitrogens is 3. The molecule has 17 heavy (non-hydrogen) atoms. The Balaban J connectivity index is 3.31. The summed E-state index contributed by atoms with van der Waals surface area (Å²) in [6.45, 7) is 1.40. The Labute approximate surface area is 94.6 Å². The van der Waals surface area contributed by atoms with Gasteiger partial charge >= 0.3 is 5.69 Å². The van der Waals surface area contributed by atoms with E-state index in [1.807, 2.05) is 0 Å². The van der Waals surface area contributed by atoms with Crippen molar-refractivity contribution in [3.63, 3.8) is 0 Å². The first-order valence-corrected chi connectivity index (χ1v) is 4.87. The summed E-state index contributed by atoms with van der Waals surface area (Å²) in [6.07, 6.45) is 0. The number of nitrogens with one attached hydrogen (secondary N) is 1. The summed E-state index contributed by atoms with van der Waals surface area (Å²) in [4.78, 5) is 37.4. The van der Waals surface area contributed by atoms with Crippen molar-refractivity contribution in [1.82, 2.24) is 14.1 Å². The van der Waals surface area contributed by atoms with E-state index in [9.17, 15) is 19.5 Å². The zero-order valence-electron chi connectivity index (χ0n) is 9.57. The largest absolute Gasteiger partial charge is 0.506 e. The maximum atomic E-state index is 11.9. The van der Waals surface area contributed by atoms with Gasteiger partial charge in [-0.3, -0.25) is 18.7 Å². The number of rotatable bonds is 0. The Morgan fingerprint density at radius 1 is 1.12 bits per heavy atom. The minimum Gasteiger partial charge on any atom is -0.506 e. The van der Waals surface area contributed by atoms with Gasteiger partial charge in [-0.05, 0) is 6.92 Å². The maximum absolute atomic E-state index is 11.9. The van der Waals surface area contributed by atoms with Gasteiger partial charge in [-0.2, -0.15) is 0 Å². The molecule has 2 heterocycles. The molecule has 0 aliphatic carbocycles. The van der Waals surface area contributed by atoms with E-state index < -0.39 is 16.8 Å². The van der Waals surface area contributed by atoms with Crippen LogP contribution in [0.5, 0.6) is 5.75 Å². The molecule has 90 valence electrons. The van der Waals surface area contributed by atoms with E-state index in [4.69, 9.17) is 0 Å². The number of nitrogens with zero attached hydrogens (tertiary/aromatic N) is 2. The normalized spacial score (nSPS) is 11.0. The lowest BCUT2D eigenvalue weighted by Gasteiger charge is -2.09. The number of fused-ring (bicyclic) bond motifs is 1. The fourth-order valence-electron chi connectivity index (χ4n) is 1.70. The van der Waals surface area contributed by atoms with Gasteiger partial charge in [0.2, 0.25) is 0 Å². The lowest BCUT2D eigenvalue weighted by atomic mass is 10.2. The third-order valence-corrected chi connectivity index (χ3v) is 2.83. The van der Waals surface area contributed by atoms with Crippen LogP contribution in [0.15, 0.2) is 14.4 Å². The van der Waals surface area contributed by atoms with Crippen LogP contribution in [-0.2, 0) is 14.1 Å². The summed E-state index contributed by atoms with van der Waals surface area (Å²) in [5, 5.41) is 9.75. The molecule has 0 radical (unpaired) electrons. The number of aromatic hydroxyl groups is 1. The van der Waals surface area contributed by atoms with Gasteiger partial charge in [-0.1, -0.05) is 0 Å². The Bertz CT molecular complexity index is 794. The molecule has 2 rings (SSSR count). The van der Waals surface area contributed by atoms with Crippen molar-refractivity contribution in [2.45, 2.75) is 6.92 Å². The van der Waals surface area contributed by atoms with Crippen LogP contribution >= 0.6 is 0 Å². The highest BCUT2D eigenvalue weighted by Crippen LogP contribution is 2.18. The van der Waals surface area contributed by atoms with E-state index in [-0.39, 0.29) is 22.3 Å². The lowest BCUT2D eigenvalue weighted by molar-refractivity contribution is 0.474. The molecule has 7 nitrogen and oxygen atoms in total. The Kier molecular flexibility index (Phi) is 2.20. The van der Waals surface area contributed by atoms with Crippen LogP contribution in [0.2, 0.25) is 0 Å². The van der Waals surface area contributed by atoms with Crippen LogP contribution in [0.25, 0.3) is 11.0 Å². The Hall–Kier alpha value is -2.31. The van der Waals surface area contributed by atoms with Crippen LogP contribution < -0.4 is 16.8 Å². The van der Waals surface area contributed by atoms with Crippen molar-refractivity contribution in [1.29, 1.82) is 0 Å². The highest BCUT2D eigenvalue weighted by Gasteiger charge is 2.16. The topological polar surface area (TPSA) is 97.1 Å². The fraction of sp³-hybridized carbons (Fsp3) is 0.300. The second-order valence-electron chi connectivity index (χ2n) is 3.86. The summed E-state index contributed by atoms with van der Waals surface area (Å²) in [6, 6.07) is 0. The van der Waals surface area contributed by atoms with Crippen LogP contribution in [0.3, 0.4) is 0 Å². The molecule has 0 aliphatic rings. The molecule has 2 N–H and O–H groups in total. The molecule has 2 aromatic heterocycles. The zero-order valence-corrected chi connectivity index (χ0v) is 9.57. The standard InChI is InChI=1S/C10H11N3O4/c1-4-6(14)5-7(11-8(4)15)12(2)10(17)13(3)9(5)16/h1-3H3,(H2,11,14,15). The van der Waals surface area contributed by atoms with Crippen molar-refractivity contribution in [3.05, 3.63) is 36.8 Å². The molecule has 0 spiro atoms. The smallest absolute Gasteiger partial charge is 0.332 e. The fourth-order valence-corrected chi connectivity index (χ4v) is 1.70. The third-order valence-electron chi connectivity index (χ3n) is 2.83. The third kappa shape index (κ3) is 1.32. The van der Waals surface area contributed by atoms with Gasteiger partial charge in [0.05, 0.1) is 5.56 Å². The number of hydrogen-bond donors (Lipinski definition) is 2. The second-order valence-corrected chi connectivity index (χ2v) is 3.86. The SMILES string of the molecule is Cc1c(O)c2c(=O)n(C)c(=O)n(C)c2[nH]c1=O. The molecule has 0 amide bonds. The minimum absolute atomic E-state index is 0.0196.